The van der Waals surface area contributed by atoms with E-state index in [0.717, 1.165) is 128 Å². The van der Waals surface area contributed by atoms with E-state index >= 15 is 0 Å². The number of hydrogen-bond donors (Lipinski definition) is 0. The number of para-hydroxylation sites is 2. The van der Waals surface area contributed by atoms with E-state index in [2.05, 4.69) is 338 Å². The first-order valence-corrected chi connectivity index (χ1v) is 30.4. The lowest BCUT2D eigenvalue weighted by Gasteiger charge is -2.46. The van der Waals surface area contributed by atoms with Gasteiger partial charge in [0, 0.05) is 55.8 Å². The Morgan fingerprint density at radius 2 is 0.705 bits per heavy atom. The van der Waals surface area contributed by atoms with Gasteiger partial charge in [-0.15, -0.1) is 0 Å². The number of benzene rings is 13. The van der Waals surface area contributed by atoms with Crippen LogP contribution < -0.4 is 26.2 Å². The quantitative estimate of drug-likeness (QED) is 0.135. The summed E-state index contributed by atoms with van der Waals surface area (Å²) in [6.45, 7) is 6.58. The minimum absolute atomic E-state index is 0.117. The molecule has 16 rings (SSSR count). The second-order valence-electron chi connectivity index (χ2n) is 24.3. The SMILES string of the molecule is CC(C)(C)c1ccc2c(c1)c1cc(C#N)ccc1n2-c1cc2c3c(c1)N(c1c(-c4ccccc4)cccc1-c1ccccc1)c1ccc(-c4ccccc4)cc1B3c1cc(-c3ccccc3)ccc1N2c1c(-c2ccccc2)cccc1-c1ccccc1. The van der Waals surface area contributed by atoms with Gasteiger partial charge in [0.25, 0.3) is 6.71 Å². The van der Waals surface area contributed by atoms with Gasteiger partial charge in [-0.1, -0.05) is 269 Å². The first-order chi connectivity index (χ1) is 43.3. The fourth-order valence-corrected chi connectivity index (χ4v) is 14.0. The molecule has 3 heterocycles. The fourth-order valence-electron chi connectivity index (χ4n) is 14.0. The van der Waals surface area contributed by atoms with Crippen molar-refractivity contribution in [2.45, 2.75) is 26.2 Å². The van der Waals surface area contributed by atoms with Gasteiger partial charge < -0.3 is 14.4 Å². The normalized spacial score (nSPS) is 12.4. The average molecular weight is 1120 g/mol. The van der Waals surface area contributed by atoms with Crippen LogP contribution in [0, 0.1) is 11.3 Å². The minimum atomic E-state index is -0.248. The molecule has 88 heavy (non-hydrogen) atoms. The van der Waals surface area contributed by atoms with E-state index in [4.69, 9.17) is 0 Å². The molecule has 0 N–H and O–H groups in total. The number of hydrogen-bond acceptors (Lipinski definition) is 3. The number of fused-ring (bicyclic) bond motifs is 7. The maximum absolute atomic E-state index is 10.6. The molecule has 414 valence electrons. The van der Waals surface area contributed by atoms with E-state index in [1.54, 1.807) is 0 Å². The maximum atomic E-state index is 10.6. The Morgan fingerprint density at radius 3 is 1.09 bits per heavy atom. The van der Waals surface area contributed by atoms with E-state index in [0.29, 0.717) is 5.56 Å². The second kappa shape index (κ2) is 21.1. The van der Waals surface area contributed by atoms with Crippen LogP contribution in [0.2, 0.25) is 0 Å². The molecule has 0 fully saturated rings. The molecule has 14 aromatic rings. The van der Waals surface area contributed by atoms with Crippen LogP contribution >= 0.6 is 0 Å². The van der Waals surface area contributed by atoms with Gasteiger partial charge in [0.2, 0.25) is 0 Å². The Kier molecular flexibility index (Phi) is 12.6. The largest absolute Gasteiger partial charge is 0.310 e. The summed E-state index contributed by atoms with van der Waals surface area (Å²) < 4.78 is 2.46. The highest BCUT2D eigenvalue weighted by Gasteiger charge is 2.46. The van der Waals surface area contributed by atoms with Crippen molar-refractivity contribution in [3.05, 3.63) is 314 Å². The van der Waals surface area contributed by atoms with Crippen molar-refractivity contribution in [2.75, 3.05) is 9.80 Å². The summed E-state index contributed by atoms with van der Waals surface area (Å²) >= 11 is 0. The highest BCUT2D eigenvalue weighted by atomic mass is 15.2. The molecule has 5 heteroatoms. The van der Waals surface area contributed by atoms with Crippen molar-refractivity contribution < 1.29 is 0 Å². The third kappa shape index (κ3) is 8.67. The van der Waals surface area contributed by atoms with Gasteiger partial charge in [0.1, 0.15) is 0 Å². The summed E-state index contributed by atoms with van der Waals surface area (Å²) in [7, 11) is 0. The lowest BCUT2D eigenvalue weighted by Crippen LogP contribution is -2.61. The first kappa shape index (κ1) is 52.4. The Bertz CT molecular complexity index is 4710. The molecule has 4 nitrogen and oxygen atoms in total. The Labute approximate surface area is 514 Å². The summed E-state index contributed by atoms with van der Waals surface area (Å²) in [5.74, 6) is 0. The third-order valence-electron chi connectivity index (χ3n) is 18.1. The summed E-state index contributed by atoms with van der Waals surface area (Å²) in [5.41, 5.74) is 28.6. The molecule has 0 aliphatic carbocycles. The zero-order valence-electron chi connectivity index (χ0n) is 49.2. The van der Waals surface area contributed by atoms with Crippen LogP contribution in [0.5, 0.6) is 0 Å². The van der Waals surface area contributed by atoms with Gasteiger partial charge in [-0.2, -0.15) is 5.26 Å². The molecule has 0 unspecified atom stereocenters. The van der Waals surface area contributed by atoms with E-state index in [-0.39, 0.29) is 12.1 Å². The summed E-state index contributed by atoms with van der Waals surface area (Å²) in [4.78, 5) is 5.25. The highest BCUT2D eigenvalue weighted by Crippen LogP contribution is 2.54. The summed E-state index contributed by atoms with van der Waals surface area (Å²) in [6, 6.07) is 114. The smallest absolute Gasteiger partial charge is 0.252 e. The van der Waals surface area contributed by atoms with Crippen LogP contribution in [0.4, 0.5) is 34.1 Å². The van der Waals surface area contributed by atoms with Crippen LogP contribution in [0.3, 0.4) is 0 Å². The van der Waals surface area contributed by atoms with E-state index in [1.165, 1.54) is 22.0 Å². The number of anilines is 6. The van der Waals surface area contributed by atoms with Crippen molar-refractivity contribution in [3.8, 4) is 78.5 Å². The lowest BCUT2D eigenvalue weighted by atomic mass is 9.33. The van der Waals surface area contributed by atoms with Gasteiger partial charge >= 0.3 is 0 Å². The lowest BCUT2D eigenvalue weighted by molar-refractivity contribution is 0.591. The second-order valence-corrected chi connectivity index (χ2v) is 24.3. The van der Waals surface area contributed by atoms with Crippen molar-refractivity contribution in [1.29, 1.82) is 5.26 Å². The summed E-state index contributed by atoms with van der Waals surface area (Å²) in [5, 5.41) is 12.7. The zero-order valence-corrected chi connectivity index (χ0v) is 49.2. The zero-order chi connectivity index (χ0) is 59.0. The van der Waals surface area contributed by atoms with Gasteiger partial charge in [0.05, 0.1) is 39.7 Å². The van der Waals surface area contributed by atoms with Crippen molar-refractivity contribution >= 4 is 79.0 Å². The number of rotatable bonds is 9. The van der Waals surface area contributed by atoms with Gasteiger partial charge in [-0.05, 0) is 126 Å². The van der Waals surface area contributed by atoms with Crippen LogP contribution in [0.1, 0.15) is 31.9 Å². The average Bonchev–Trinajstić information content (AvgIpc) is 0.771. The number of nitrogens with zero attached hydrogens (tertiary/aromatic N) is 4. The van der Waals surface area contributed by atoms with Gasteiger partial charge in [0.15, 0.2) is 0 Å². The fraction of sp³-hybridized carbons (Fsp3) is 0.0482. The maximum Gasteiger partial charge on any atom is 0.252 e. The predicted molar refractivity (Wildman–Crippen MR) is 371 cm³/mol. The molecular weight excluding hydrogens is 1060 g/mol. The molecule has 1 aromatic heterocycles. The Morgan fingerprint density at radius 1 is 0.330 bits per heavy atom. The molecule has 0 atom stereocenters. The van der Waals surface area contributed by atoms with Crippen LogP contribution in [-0.4, -0.2) is 11.3 Å². The Hall–Kier alpha value is -11.2. The molecule has 2 aliphatic rings. The van der Waals surface area contributed by atoms with Crippen molar-refractivity contribution in [2.24, 2.45) is 0 Å². The molecule has 0 saturated carbocycles. The van der Waals surface area contributed by atoms with E-state index in [1.807, 2.05) is 6.07 Å². The predicted octanol–water partition coefficient (Wildman–Crippen LogP) is 20.0. The number of nitriles is 1. The molecule has 0 radical (unpaired) electrons. The first-order valence-electron chi connectivity index (χ1n) is 30.4. The van der Waals surface area contributed by atoms with Crippen molar-refractivity contribution in [3.63, 3.8) is 0 Å². The summed E-state index contributed by atoms with van der Waals surface area (Å²) in [6.07, 6.45) is 0. The molecule has 0 spiro atoms. The van der Waals surface area contributed by atoms with Crippen LogP contribution in [0.15, 0.2) is 303 Å². The number of aromatic nitrogens is 1. The van der Waals surface area contributed by atoms with E-state index < -0.39 is 0 Å². The van der Waals surface area contributed by atoms with Crippen LogP contribution in [0.25, 0.3) is 94.3 Å². The molecule has 0 saturated heterocycles. The third-order valence-corrected chi connectivity index (χ3v) is 18.1. The van der Waals surface area contributed by atoms with Crippen LogP contribution in [-0.2, 0) is 5.41 Å². The monoisotopic (exact) mass is 1120 g/mol. The molecular formula is C83H59BN4. The van der Waals surface area contributed by atoms with Gasteiger partial charge in [-0.3, -0.25) is 0 Å². The minimum Gasteiger partial charge on any atom is -0.310 e. The molecule has 0 bridgehead atoms. The molecule has 13 aromatic carbocycles. The topological polar surface area (TPSA) is 35.2 Å². The standard InChI is InChI=1S/C83H59BN4/c1-83(2,3)64-43-47-75-71(51-64)70-48-55(54-85)40-44-74(70)86(75)65-52-78-80-79(53-65)88(82-68(60-32-18-8-19-33-60)38-23-39-69(82)61-34-20-9-21-35-61)77-46-42-63(57-26-12-5-13-27-57)50-73(77)84(80)72-49-62(56-24-10-4-11-25-56)41-45-76(72)87(78)81-66(58-28-14-6-15-29-58)36-22-37-67(81)59-30-16-7-17-31-59/h4-53H,1-3H3. The van der Waals surface area contributed by atoms with Crippen molar-refractivity contribution in [1.82, 2.24) is 4.57 Å². The Balaban J connectivity index is 1.12. The molecule has 0 amide bonds. The molecule has 2 aliphatic heterocycles. The van der Waals surface area contributed by atoms with Gasteiger partial charge in [-0.25, -0.2) is 0 Å². The van der Waals surface area contributed by atoms with E-state index in [9.17, 15) is 5.26 Å². The highest BCUT2D eigenvalue weighted by molar-refractivity contribution is 7.00.